The molecule has 3 nitrogen and oxygen atoms in total. The molecule has 0 aromatic carbocycles. The third-order valence-electron chi connectivity index (χ3n) is 2.87. The van der Waals surface area contributed by atoms with Crippen molar-refractivity contribution >= 4 is 0 Å². The summed E-state index contributed by atoms with van der Waals surface area (Å²) >= 11 is 0. The second kappa shape index (κ2) is 5.37. The maximum absolute atomic E-state index is 13.0. The van der Waals surface area contributed by atoms with E-state index in [2.05, 4.69) is 10.3 Å². The number of nitrogens with one attached hydrogen (secondary N) is 1. The molecule has 0 spiro atoms. The minimum atomic E-state index is -0.286. The third kappa shape index (κ3) is 3.00. The van der Waals surface area contributed by atoms with Gasteiger partial charge in [-0.25, -0.2) is 4.39 Å². The van der Waals surface area contributed by atoms with Gasteiger partial charge in [0.25, 0.3) is 0 Å². The van der Waals surface area contributed by atoms with Crippen molar-refractivity contribution < 1.29 is 9.13 Å². The molecule has 0 bridgehead atoms. The van der Waals surface area contributed by atoms with E-state index in [1.165, 1.54) is 12.3 Å². The molecule has 88 valence electrons. The summed E-state index contributed by atoms with van der Waals surface area (Å²) in [5.74, 6) is -0.286. The van der Waals surface area contributed by atoms with Crippen molar-refractivity contribution in [1.29, 1.82) is 0 Å². The normalized spacial score (nSPS) is 23.0. The van der Waals surface area contributed by atoms with Crippen LogP contribution in [0.3, 0.4) is 0 Å². The standard InChI is InChI=1S/C12H17FN2O/c1-9(10-5-11(13)7-14-6-10)15-12-3-2-4-16-8-12/h5-7,9,12,15H,2-4,8H2,1H3. The largest absolute Gasteiger partial charge is 0.380 e. The first-order chi connectivity index (χ1) is 7.75. The van der Waals surface area contributed by atoms with Crippen molar-refractivity contribution in [3.05, 3.63) is 29.8 Å². The van der Waals surface area contributed by atoms with Crippen LogP contribution < -0.4 is 5.32 Å². The molecule has 0 amide bonds. The van der Waals surface area contributed by atoms with E-state index >= 15 is 0 Å². The van der Waals surface area contributed by atoms with Gasteiger partial charge < -0.3 is 10.1 Å². The van der Waals surface area contributed by atoms with Crippen LogP contribution in [-0.2, 0) is 4.74 Å². The van der Waals surface area contributed by atoms with Crippen molar-refractivity contribution in [2.75, 3.05) is 13.2 Å². The molecule has 0 aliphatic carbocycles. The van der Waals surface area contributed by atoms with Gasteiger partial charge in [0.1, 0.15) is 5.82 Å². The maximum atomic E-state index is 13.0. The number of hydrogen-bond donors (Lipinski definition) is 1. The minimum absolute atomic E-state index is 0.106. The molecule has 1 fully saturated rings. The van der Waals surface area contributed by atoms with Gasteiger partial charge in [-0.2, -0.15) is 0 Å². The Labute approximate surface area is 95.0 Å². The Balaban J connectivity index is 1.94. The lowest BCUT2D eigenvalue weighted by molar-refractivity contribution is 0.0670. The molecular formula is C12H17FN2O. The van der Waals surface area contributed by atoms with E-state index in [-0.39, 0.29) is 11.9 Å². The SMILES string of the molecule is CC(NC1CCCOC1)c1cncc(F)c1. The van der Waals surface area contributed by atoms with Crippen LogP contribution in [0.5, 0.6) is 0 Å². The summed E-state index contributed by atoms with van der Waals surface area (Å²) < 4.78 is 18.4. The monoisotopic (exact) mass is 224 g/mol. The lowest BCUT2D eigenvalue weighted by atomic mass is 10.1. The van der Waals surface area contributed by atoms with Crippen LogP contribution in [0.2, 0.25) is 0 Å². The molecular weight excluding hydrogens is 207 g/mol. The molecule has 2 rings (SSSR count). The molecule has 1 aromatic rings. The summed E-state index contributed by atoms with van der Waals surface area (Å²) in [6.45, 7) is 3.62. The van der Waals surface area contributed by atoms with Crippen LogP contribution in [-0.4, -0.2) is 24.2 Å². The van der Waals surface area contributed by atoms with Crippen LogP contribution in [0.1, 0.15) is 31.4 Å². The van der Waals surface area contributed by atoms with Crippen LogP contribution in [0.15, 0.2) is 18.5 Å². The Morgan fingerprint density at radius 3 is 3.12 bits per heavy atom. The van der Waals surface area contributed by atoms with Gasteiger partial charge in [0.05, 0.1) is 12.8 Å². The zero-order valence-corrected chi connectivity index (χ0v) is 9.45. The number of halogens is 1. The van der Waals surface area contributed by atoms with Gasteiger partial charge in [-0.3, -0.25) is 4.98 Å². The highest BCUT2D eigenvalue weighted by atomic mass is 19.1. The van der Waals surface area contributed by atoms with Crippen molar-refractivity contribution in [1.82, 2.24) is 10.3 Å². The smallest absolute Gasteiger partial charge is 0.141 e. The van der Waals surface area contributed by atoms with E-state index < -0.39 is 0 Å². The van der Waals surface area contributed by atoms with Gasteiger partial charge in [0.15, 0.2) is 0 Å². The molecule has 4 heteroatoms. The predicted molar refractivity (Wildman–Crippen MR) is 59.6 cm³/mol. The number of hydrogen-bond acceptors (Lipinski definition) is 3. The number of nitrogens with zero attached hydrogens (tertiary/aromatic N) is 1. The van der Waals surface area contributed by atoms with Gasteiger partial charge in [0, 0.05) is 24.9 Å². The van der Waals surface area contributed by atoms with Gasteiger partial charge >= 0.3 is 0 Å². The van der Waals surface area contributed by atoms with Crippen molar-refractivity contribution in [3.63, 3.8) is 0 Å². The topological polar surface area (TPSA) is 34.1 Å². The molecule has 0 saturated carbocycles. The Hall–Kier alpha value is -1.00. The molecule has 1 saturated heterocycles. The van der Waals surface area contributed by atoms with E-state index in [1.807, 2.05) is 6.92 Å². The highest BCUT2D eigenvalue weighted by Crippen LogP contribution is 2.15. The van der Waals surface area contributed by atoms with Crippen molar-refractivity contribution in [2.45, 2.75) is 31.8 Å². The summed E-state index contributed by atoms with van der Waals surface area (Å²) in [7, 11) is 0. The molecule has 1 aliphatic heterocycles. The fourth-order valence-electron chi connectivity index (χ4n) is 1.99. The molecule has 1 aliphatic rings. The Morgan fingerprint density at radius 2 is 2.44 bits per heavy atom. The number of pyridine rings is 1. The lowest BCUT2D eigenvalue weighted by Gasteiger charge is -2.26. The minimum Gasteiger partial charge on any atom is -0.380 e. The van der Waals surface area contributed by atoms with E-state index in [9.17, 15) is 4.39 Å². The Kier molecular flexibility index (Phi) is 3.85. The molecule has 1 N–H and O–H groups in total. The summed E-state index contributed by atoms with van der Waals surface area (Å²) in [6.07, 6.45) is 5.13. The fraction of sp³-hybridized carbons (Fsp3) is 0.583. The van der Waals surface area contributed by atoms with Crippen molar-refractivity contribution in [3.8, 4) is 0 Å². The molecule has 2 heterocycles. The van der Waals surface area contributed by atoms with Crippen LogP contribution >= 0.6 is 0 Å². The van der Waals surface area contributed by atoms with Gasteiger partial charge in [-0.05, 0) is 31.4 Å². The van der Waals surface area contributed by atoms with E-state index in [1.54, 1.807) is 6.20 Å². The first-order valence-corrected chi connectivity index (χ1v) is 5.70. The van der Waals surface area contributed by atoms with Crippen molar-refractivity contribution in [2.24, 2.45) is 0 Å². The highest BCUT2D eigenvalue weighted by Gasteiger charge is 2.17. The molecule has 16 heavy (non-hydrogen) atoms. The first-order valence-electron chi connectivity index (χ1n) is 5.70. The predicted octanol–water partition coefficient (Wildman–Crippen LogP) is 2.05. The van der Waals surface area contributed by atoms with E-state index in [4.69, 9.17) is 4.74 Å². The summed E-state index contributed by atoms with van der Waals surface area (Å²) in [6, 6.07) is 2.00. The van der Waals surface area contributed by atoms with Gasteiger partial charge in [-0.15, -0.1) is 0 Å². The van der Waals surface area contributed by atoms with E-state index in [0.717, 1.165) is 31.6 Å². The number of rotatable bonds is 3. The number of ether oxygens (including phenoxy) is 1. The third-order valence-corrected chi connectivity index (χ3v) is 2.87. The summed E-state index contributed by atoms with van der Waals surface area (Å²) in [4.78, 5) is 3.85. The molecule has 2 unspecified atom stereocenters. The Bertz CT molecular complexity index is 340. The quantitative estimate of drug-likeness (QED) is 0.853. The second-order valence-electron chi connectivity index (χ2n) is 4.24. The first kappa shape index (κ1) is 11.5. The average molecular weight is 224 g/mol. The highest BCUT2D eigenvalue weighted by molar-refractivity contribution is 5.14. The number of aromatic nitrogens is 1. The van der Waals surface area contributed by atoms with Crippen LogP contribution in [0.4, 0.5) is 4.39 Å². The van der Waals surface area contributed by atoms with Gasteiger partial charge in [0.2, 0.25) is 0 Å². The van der Waals surface area contributed by atoms with E-state index in [0.29, 0.717) is 6.04 Å². The van der Waals surface area contributed by atoms with Gasteiger partial charge in [-0.1, -0.05) is 0 Å². The molecule has 2 atom stereocenters. The lowest BCUT2D eigenvalue weighted by Crippen LogP contribution is -2.38. The summed E-state index contributed by atoms with van der Waals surface area (Å²) in [5.41, 5.74) is 0.880. The fourth-order valence-corrected chi connectivity index (χ4v) is 1.99. The molecule has 1 aromatic heterocycles. The zero-order valence-electron chi connectivity index (χ0n) is 9.45. The van der Waals surface area contributed by atoms with Crippen LogP contribution in [0.25, 0.3) is 0 Å². The summed E-state index contributed by atoms with van der Waals surface area (Å²) in [5, 5.41) is 3.43. The second-order valence-corrected chi connectivity index (χ2v) is 4.24. The maximum Gasteiger partial charge on any atom is 0.141 e. The molecule has 0 radical (unpaired) electrons. The zero-order chi connectivity index (χ0) is 11.4. The average Bonchev–Trinajstić information content (AvgIpc) is 2.30. The van der Waals surface area contributed by atoms with Crippen LogP contribution in [0, 0.1) is 5.82 Å². The Morgan fingerprint density at radius 1 is 1.56 bits per heavy atom.